The van der Waals surface area contributed by atoms with Crippen LogP contribution in [0.15, 0.2) is 79.0 Å². The third-order valence-corrected chi connectivity index (χ3v) is 6.46. The van der Waals surface area contributed by atoms with E-state index in [2.05, 4.69) is 15.2 Å². The molecule has 0 spiro atoms. The summed E-state index contributed by atoms with van der Waals surface area (Å²) in [5, 5.41) is 3.92. The van der Waals surface area contributed by atoms with Crippen molar-refractivity contribution in [2.75, 3.05) is 18.4 Å². The Hall–Kier alpha value is -3.77. The molecule has 4 aromatic rings. The van der Waals surface area contributed by atoms with Crippen LogP contribution in [0.25, 0.3) is 10.9 Å². The van der Waals surface area contributed by atoms with E-state index in [0.29, 0.717) is 11.3 Å². The Morgan fingerprint density at radius 2 is 1.86 bits per heavy atom. The van der Waals surface area contributed by atoms with Crippen molar-refractivity contribution in [3.8, 4) is 5.75 Å². The molecule has 6 heteroatoms. The van der Waals surface area contributed by atoms with Gasteiger partial charge in [-0.2, -0.15) is 0 Å². The van der Waals surface area contributed by atoms with E-state index >= 15 is 0 Å². The molecular weight excluding hydrogens is 441 g/mol. The second-order valence-electron chi connectivity index (χ2n) is 9.07. The van der Waals surface area contributed by atoms with Crippen LogP contribution in [0.2, 0.25) is 0 Å². The summed E-state index contributed by atoms with van der Waals surface area (Å²) in [5.41, 5.74) is 4.30. The minimum Gasteiger partial charge on any atom is -0.490 e. The first kappa shape index (κ1) is 23.0. The molecule has 1 fully saturated rings. The van der Waals surface area contributed by atoms with Crippen LogP contribution in [-0.2, 0) is 6.54 Å². The van der Waals surface area contributed by atoms with Crippen molar-refractivity contribution in [3.63, 3.8) is 0 Å². The molecule has 0 bridgehead atoms. The molecule has 1 saturated heterocycles. The van der Waals surface area contributed by atoms with Gasteiger partial charge in [-0.3, -0.25) is 14.7 Å². The number of likely N-dealkylation sites (tertiary alicyclic amines) is 1. The summed E-state index contributed by atoms with van der Waals surface area (Å²) in [6.07, 6.45) is 3.70. The molecule has 1 aliphatic heterocycles. The lowest BCUT2D eigenvalue weighted by Crippen LogP contribution is -2.37. The zero-order valence-electron chi connectivity index (χ0n) is 19.7. The predicted octanol–water partition coefficient (Wildman–Crippen LogP) is 5.98. The lowest BCUT2D eigenvalue weighted by atomic mass is 10.1. The van der Waals surface area contributed by atoms with Crippen LogP contribution in [0.1, 0.15) is 34.3 Å². The number of aryl methyl sites for hydroxylation is 1. The minimum absolute atomic E-state index is 0.122. The number of ether oxygens (including phenoxy) is 1. The Morgan fingerprint density at radius 1 is 1.06 bits per heavy atom. The molecule has 1 amide bonds. The summed E-state index contributed by atoms with van der Waals surface area (Å²) in [5.74, 6) is 0.423. The number of piperidine rings is 1. The molecule has 5 nitrogen and oxygen atoms in total. The van der Waals surface area contributed by atoms with Crippen molar-refractivity contribution in [2.24, 2.45) is 0 Å². The van der Waals surface area contributed by atoms with E-state index in [9.17, 15) is 9.18 Å². The van der Waals surface area contributed by atoms with Crippen molar-refractivity contribution in [1.29, 1.82) is 0 Å². The number of aromatic nitrogens is 1. The number of pyridine rings is 1. The Bertz CT molecular complexity index is 1330. The van der Waals surface area contributed by atoms with Crippen LogP contribution in [0.5, 0.6) is 5.75 Å². The van der Waals surface area contributed by atoms with Crippen LogP contribution in [0.3, 0.4) is 0 Å². The second kappa shape index (κ2) is 10.2. The zero-order valence-corrected chi connectivity index (χ0v) is 19.7. The van der Waals surface area contributed by atoms with E-state index in [-0.39, 0.29) is 17.8 Å². The summed E-state index contributed by atoms with van der Waals surface area (Å²) >= 11 is 0. The quantitative estimate of drug-likeness (QED) is 0.378. The van der Waals surface area contributed by atoms with Gasteiger partial charge in [-0.15, -0.1) is 0 Å². The van der Waals surface area contributed by atoms with Gasteiger partial charge >= 0.3 is 0 Å². The van der Waals surface area contributed by atoms with Gasteiger partial charge < -0.3 is 10.1 Å². The molecule has 2 heterocycles. The maximum Gasteiger partial charge on any atom is 0.255 e. The van der Waals surface area contributed by atoms with E-state index in [1.807, 2.05) is 61.5 Å². The van der Waals surface area contributed by atoms with Crippen LogP contribution < -0.4 is 10.1 Å². The SMILES string of the molecule is Cc1ccc(NC(=O)c2ccc3ncccc3c2)cc1OC1CCN(Cc2ccc(F)cc2)CC1. The lowest BCUT2D eigenvalue weighted by molar-refractivity contribution is 0.0963. The van der Waals surface area contributed by atoms with Gasteiger partial charge in [0.2, 0.25) is 0 Å². The molecule has 3 aromatic carbocycles. The molecule has 0 saturated carbocycles. The highest BCUT2D eigenvalue weighted by atomic mass is 19.1. The lowest BCUT2D eigenvalue weighted by Gasteiger charge is -2.32. The van der Waals surface area contributed by atoms with E-state index in [0.717, 1.165) is 60.3 Å². The number of rotatable bonds is 6. The number of hydrogen-bond acceptors (Lipinski definition) is 4. The highest BCUT2D eigenvalue weighted by molar-refractivity contribution is 6.06. The smallest absolute Gasteiger partial charge is 0.255 e. The first-order chi connectivity index (χ1) is 17.0. The number of carbonyl (C=O) groups excluding carboxylic acids is 1. The largest absolute Gasteiger partial charge is 0.490 e. The standard InChI is InChI=1S/C29H28FN3O2/c1-20-4-10-25(32-29(34)23-7-11-27-22(17-23)3-2-14-31-27)18-28(20)35-26-12-15-33(16-13-26)19-21-5-8-24(30)9-6-21/h2-11,14,17-18,26H,12-13,15-16,19H2,1H3,(H,32,34). The average molecular weight is 470 g/mol. The number of nitrogens with one attached hydrogen (secondary N) is 1. The summed E-state index contributed by atoms with van der Waals surface area (Å²) in [6, 6.07) is 21.8. The van der Waals surface area contributed by atoms with E-state index in [4.69, 9.17) is 4.74 Å². The molecule has 5 rings (SSSR count). The van der Waals surface area contributed by atoms with E-state index in [1.54, 1.807) is 12.3 Å². The Morgan fingerprint density at radius 3 is 2.66 bits per heavy atom. The minimum atomic E-state index is -0.204. The number of benzene rings is 3. The number of halogens is 1. The van der Waals surface area contributed by atoms with Crippen LogP contribution in [0, 0.1) is 12.7 Å². The van der Waals surface area contributed by atoms with Gasteiger partial charge in [0.1, 0.15) is 17.7 Å². The van der Waals surface area contributed by atoms with Gasteiger partial charge in [0.25, 0.3) is 5.91 Å². The molecule has 0 radical (unpaired) electrons. The third-order valence-electron chi connectivity index (χ3n) is 6.46. The normalized spacial score (nSPS) is 14.7. The van der Waals surface area contributed by atoms with E-state index < -0.39 is 0 Å². The second-order valence-corrected chi connectivity index (χ2v) is 9.07. The first-order valence-electron chi connectivity index (χ1n) is 11.9. The Kier molecular flexibility index (Phi) is 6.73. The van der Waals surface area contributed by atoms with Crippen molar-refractivity contribution in [2.45, 2.75) is 32.4 Å². The predicted molar refractivity (Wildman–Crippen MR) is 136 cm³/mol. The van der Waals surface area contributed by atoms with Crippen LogP contribution >= 0.6 is 0 Å². The number of carbonyl (C=O) groups is 1. The highest BCUT2D eigenvalue weighted by Gasteiger charge is 2.21. The van der Waals surface area contributed by atoms with Crippen molar-refractivity contribution >= 4 is 22.5 Å². The van der Waals surface area contributed by atoms with Crippen molar-refractivity contribution < 1.29 is 13.9 Å². The maximum atomic E-state index is 13.1. The molecule has 35 heavy (non-hydrogen) atoms. The molecule has 1 N–H and O–H groups in total. The van der Waals surface area contributed by atoms with Gasteiger partial charge in [0, 0.05) is 48.5 Å². The van der Waals surface area contributed by atoms with Crippen LogP contribution in [-0.4, -0.2) is 35.0 Å². The van der Waals surface area contributed by atoms with E-state index in [1.165, 1.54) is 12.1 Å². The number of amides is 1. The first-order valence-corrected chi connectivity index (χ1v) is 11.9. The molecule has 0 aliphatic carbocycles. The molecule has 1 aromatic heterocycles. The van der Waals surface area contributed by atoms with Crippen LogP contribution in [0.4, 0.5) is 10.1 Å². The highest BCUT2D eigenvalue weighted by Crippen LogP contribution is 2.27. The fourth-order valence-corrected chi connectivity index (χ4v) is 4.44. The molecule has 0 unspecified atom stereocenters. The monoisotopic (exact) mass is 469 g/mol. The summed E-state index contributed by atoms with van der Waals surface area (Å²) in [4.78, 5) is 19.5. The Balaban J connectivity index is 1.19. The molecular formula is C29H28FN3O2. The van der Waals surface area contributed by atoms with Crippen molar-refractivity contribution in [3.05, 3.63) is 102 Å². The molecule has 0 atom stereocenters. The van der Waals surface area contributed by atoms with Gasteiger partial charge in [0.15, 0.2) is 0 Å². The molecule has 1 aliphatic rings. The fourth-order valence-electron chi connectivity index (χ4n) is 4.44. The number of hydrogen-bond donors (Lipinski definition) is 1. The summed E-state index contributed by atoms with van der Waals surface area (Å²) < 4.78 is 19.5. The third kappa shape index (κ3) is 5.66. The van der Waals surface area contributed by atoms with Gasteiger partial charge in [-0.25, -0.2) is 4.39 Å². The van der Waals surface area contributed by atoms with Gasteiger partial charge in [-0.1, -0.05) is 24.3 Å². The number of anilines is 1. The average Bonchev–Trinajstić information content (AvgIpc) is 2.88. The maximum absolute atomic E-state index is 13.1. The van der Waals surface area contributed by atoms with Gasteiger partial charge in [-0.05, 0) is 73.4 Å². The van der Waals surface area contributed by atoms with Gasteiger partial charge in [0.05, 0.1) is 5.52 Å². The number of nitrogens with zero attached hydrogens (tertiary/aromatic N) is 2. The summed E-state index contributed by atoms with van der Waals surface area (Å²) in [6.45, 7) is 4.68. The Labute approximate surface area is 204 Å². The van der Waals surface area contributed by atoms with Crippen molar-refractivity contribution in [1.82, 2.24) is 9.88 Å². The zero-order chi connectivity index (χ0) is 24.2. The topological polar surface area (TPSA) is 54.5 Å². The summed E-state index contributed by atoms with van der Waals surface area (Å²) in [7, 11) is 0. The number of fused-ring (bicyclic) bond motifs is 1. The molecule has 178 valence electrons. The fraction of sp³-hybridized carbons (Fsp3) is 0.241.